The summed E-state index contributed by atoms with van der Waals surface area (Å²) in [6.45, 7) is 10.00. The van der Waals surface area contributed by atoms with Gasteiger partial charge < -0.3 is 9.64 Å². The maximum atomic E-state index is 13.4. The third kappa shape index (κ3) is 4.34. The molecular formula is C22H28N3O2S+. The molecule has 148 valence electrons. The second kappa shape index (κ2) is 9.17. The number of carbonyl (C=O) groups excluding carboxylic acids is 1. The maximum absolute atomic E-state index is 13.4. The van der Waals surface area contributed by atoms with Gasteiger partial charge in [0.15, 0.2) is 5.13 Å². The van der Waals surface area contributed by atoms with Gasteiger partial charge in [0.05, 0.1) is 43.5 Å². The molecule has 1 N–H and O–H groups in total. The Morgan fingerprint density at radius 1 is 1.18 bits per heavy atom. The number of quaternary nitrogens is 1. The minimum absolute atomic E-state index is 0.0397. The number of amides is 1. The molecule has 1 heterocycles. The lowest BCUT2D eigenvalue weighted by atomic mass is 10.2. The van der Waals surface area contributed by atoms with Crippen LogP contribution >= 0.6 is 11.3 Å². The number of para-hydroxylation sites is 1. The van der Waals surface area contributed by atoms with Crippen molar-refractivity contribution in [1.82, 2.24) is 4.98 Å². The molecule has 0 aliphatic heterocycles. The summed E-state index contributed by atoms with van der Waals surface area (Å²) >= 11 is 1.57. The van der Waals surface area contributed by atoms with Crippen molar-refractivity contribution in [2.24, 2.45) is 0 Å². The number of rotatable bonds is 8. The van der Waals surface area contributed by atoms with Crippen molar-refractivity contribution in [3.8, 4) is 5.75 Å². The highest BCUT2D eigenvalue weighted by atomic mass is 32.1. The number of carbonyl (C=O) groups is 1. The van der Waals surface area contributed by atoms with E-state index in [2.05, 4.69) is 32.9 Å². The van der Waals surface area contributed by atoms with Crippen LogP contribution in [0.5, 0.6) is 5.75 Å². The van der Waals surface area contributed by atoms with E-state index in [-0.39, 0.29) is 5.91 Å². The predicted octanol–water partition coefficient (Wildman–Crippen LogP) is 3.18. The van der Waals surface area contributed by atoms with E-state index in [0.717, 1.165) is 40.5 Å². The van der Waals surface area contributed by atoms with E-state index in [4.69, 9.17) is 9.72 Å². The van der Waals surface area contributed by atoms with Crippen LogP contribution in [0.2, 0.25) is 0 Å². The summed E-state index contributed by atoms with van der Waals surface area (Å²) in [5.74, 6) is 0.641. The molecule has 0 unspecified atom stereocenters. The van der Waals surface area contributed by atoms with Gasteiger partial charge in [-0.3, -0.25) is 9.69 Å². The highest BCUT2D eigenvalue weighted by Crippen LogP contribution is 2.31. The Balaban J connectivity index is 1.97. The largest absolute Gasteiger partial charge is 0.497 e. The van der Waals surface area contributed by atoms with Crippen molar-refractivity contribution in [3.05, 3.63) is 53.6 Å². The topological polar surface area (TPSA) is 46.9 Å². The number of anilines is 1. The second-order valence-electron chi connectivity index (χ2n) is 6.81. The molecule has 2 aromatic carbocycles. The molecule has 0 saturated carbocycles. The quantitative estimate of drug-likeness (QED) is 0.634. The molecule has 0 bridgehead atoms. The Kier molecular flexibility index (Phi) is 6.65. The van der Waals surface area contributed by atoms with Crippen LogP contribution in [0, 0.1) is 6.92 Å². The van der Waals surface area contributed by atoms with Crippen LogP contribution < -0.4 is 14.5 Å². The number of methoxy groups -OCH3 is 1. The third-order valence-electron chi connectivity index (χ3n) is 5.09. The molecule has 0 aliphatic rings. The average molecular weight is 399 g/mol. The third-order valence-corrected chi connectivity index (χ3v) is 6.13. The normalized spacial score (nSPS) is 11.2. The zero-order valence-corrected chi connectivity index (χ0v) is 17.8. The van der Waals surface area contributed by atoms with Crippen LogP contribution in [-0.4, -0.2) is 44.2 Å². The summed E-state index contributed by atoms with van der Waals surface area (Å²) in [5, 5.41) is 0.753. The lowest BCUT2D eigenvalue weighted by molar-refractivity contribution is -0.894. The first kappa shape index (κ1) is 20.3. The molecule has 5 nitrogen and oxygen atoms in total. The summed E-state index contributed by atoms with van der Waals surface area (Å²) in [6, 6.07) is 13.5. The lowest BCUT2D eigenvalue weighted by Gasteiger charge is -2.23. The van der Waals surface area contributed by atoms with Crippen molar-refractivity contribution >= 4 is 32.6 Å². The Morgan fingerprint density at radius 2 is 1.93 bits per heavy atom. The van der Waals surface area contributed by atoms with Gasteiger partial charge in [-0.25, -0.2) is 4.98 Å². The minimum atomic E-state index is -0.0397. The molecule has 0 aliphatic carbocycles. The first-order valence-electron chi connectivity index (χ1n) is 9.73. The molecule has 0 radical (unpaired) electrons. The number of ether oxygens (including phenoxy) is 1. The zero-order chi connectivity index (χ0) is 20.1. The van der Waals surface area contributed by atoms with Gasteiger partial charge in [0.1, 0.15) is 5.75 Å². The molecule has 0 atom stereocenters. The number of likely N-dealkylation sites (N-methyl/N-ethyl adjacent to an activating group) is 1. The number of fused-ring (bicyclic) bond motifs is 1. The van der Waals surface area contributed by atoms with Gasteiger partial charge in [-0.1, -0.05) is 29.5 Å². The average Bonchev–Trinajstić information content (AvgIpc) is 3.16. The van der Waals surface area contributed by atoms with Crippen molar-refractivity contribution in [2.45, 2.75) is 20.8 Å². The Bertz CT molecular complexity index is 950. The van der Waals surface area contributed by atoms with E-state index in [0.29, 0.717) is 17.9 Å². The molecule has 28 heavy (non-hydrogen) atoms. The van der Waals surface area contributed by atoms with Crippen LogP contribution in [0.3, 0.4) is 0 Å². The highest BCUT2D eigenvalue weighted by Gasteiger charge is 2.23. The molecule has 0 spiro atoms. The van der Waals surface area contributed by atoms with Gasteiger partial charge in [0.2, 0.25) is 0 Å². The summed E-state index contributed by atoms with van der Waals surface area (Å²) in [4.78, 5) is 21.5. The Hall–Kier alpha value is -2.44. The smallest absolute Gasteiger partial charge is 0.260 e. The monoisotopic (exact) mass is 398 g/mol. The van der Waals surface area contributed by atoms with Crippen molar-refractivity contribution < 1.29 is 14.4 Å². The number of thiazole rings is 1. The van der Waals surface area contributed by atoms with Crippen LogP contribution in [0.4, 0.5) is 5.13 Å². The van der Waals surface area contributed by atoms with Crippen LogP contribution in [0.25, 0.3) is 10.2 Å². The Morgan fingerprint density at radius 3 is 2.61 bits per heavy atom. The van der Waals surface area contributed by atoms with Gasteiger partial charge in [-0.15, -0.1) is 0 Å². The van der Waals surface area contributed by atoms with Crippen molar-refractivity contribution in [2.75, 3.05) is 38.2 Å². The number of benzene rings is 2. The molecule has 1 aromatic heterocycles. The van der Waals surface area contributed by atoms with Crippen LogP contribution in [0.15, 0.2) is 42.5 Å². The number of nitrogens with zero attached hydrogens (tertiary/aromatic N) is 2. The van der Waals surface area contributed by atoms with E-state index < -0.39 is 0 Å². The number of nitrogens with one attached hydrogen (secondary N) is 1. The number of aromatic nitrogens is 1. The SMILES string of the molecule is CC[NH+](CC)CCN(C(=O)c1cccc(OC)c1)c1nc2c(C)cccc2s1. The molecule has 1 amide bonds. The zero-order valence-electron chi connectivity index (χ0n) is 17.0. The number of aryl methyl sites for hydroxylation is 1. The molecule has 0 fully saturated rings. The lowest BCUT2D eigenvalue weighted by Crippen LogP contribution is -3.12. The molecule has 3 aromatic rings. The van der Waals surface area contributed by atoms with E-state index in [1.807, 2.05) is 29.2 Å². The second-order valence-corrected chi connectivity index (χ2v) is 7.82. The van der Waals surface area contributed by atoms with E-state index in [9.17, 15) is 4.79 Å². The van der Waals surface area contributed by atoms with Gasteiger partial charge in [-0.2, -0.15) is 0 Å². The first-order valence-corrected chi connectivity index (χ1v) is 10.5. The summed E-state index contributed by atoms with van der Waals surface area (Å²) < 4.78 is 6.40. The van der Waals surface area contributed by atoms with E-state index in [1.54, 1.807) is 24.5 Å². The van der Waals surface area contributed by atoms with Crippen LogP contribution in [0.1, 0.15) is 29.8 Å². The highest BCUT2D eigenvalue weighted by molar-refractivity contribution is 7.22. The first-order chi connectivity index (χ1) is 13.6. The van der Waals surface area contributed by atoms with Gasteiger partial charge in [-0.05, 0) is 50.6 Å². The Labute approximate surface area is 170 Å². The fourth-order valence-electron chi connectivity index (χ4n) is 3.26. The minimum Gasteiger partial charge on any atom is -0.497 e. The van der Waals surface area contributed by atoms with E-state index in [1.165, 1.54) is 4.90 Å². The molecular weight excluding hydrogens is 370 g/mol. The van der Waals surface area contributed by atoms with Gasteiger partial charge in [0, 0.05) is 5.56 Å². The fraction of sp³-hybridized carbons (Fsp3) is 0.364. The predicted molar refractivity (Wildman–Crippen MR) is 116 cm³/mol. The standard InChI is InChI=1S/C22H27N3O2S/c1-5-24(6-2)13-14-25(21(26)17-10-8-11-18(15-17)27-4)22-23-20-16(3)9-7-12-19(20)28-22/h7-12,15H,5-6,13-14H2,1-4H3/p+1. The molecule has 0 saturated heterocycles. The maximum Gasteiger partial charge on any atom is 0.260 e. The summed E-state index contributed by atoms with van der Waals surface area (Å²) in [7, 11) is 1.61. The fourth-order valence-corrected chi connectivity index (χ4v) is 4.33. The van der Waals surface area contributed by atoms with Crippen molar-refractivity contribution in [3.63, 3.8) is 0 Å². The summed E-state index contributed by atoms with van der Waals surface area (Å²) in [5.41, 5.74) is 2.72. The van der Waals surface area contributed by atoms with Crippen LogP contribution in [-0.2, 0) is 0 Å². The number of hydrogen-bond acceptors (Lipinski definition) is 4. The molecule has 3 rings (SSSR count). The number of hydrogen-bond donors (Lipinski definition) is 1. The van der Waals surface area contributed by atoms with Gasteiger partial charge in [0.25, 0.3) is 5.91 Å². The summed E-state index contributed by atoms with van der Waals surface area (Å²) in [6.07, 6.45) is 0. The molecule has 6 heteroatoms. The van der Waals surface area contributed by atoms with E-state index >= 15 is 0 Å². The van der Waals surface area contributed by atoms with Gasteiger partial charge >= 0.3 is 0 Å². The van der Waals surface area contributed by atoms with Crippen molar-refractivity contribution in [1.29, 1.82) is 0 Å².